The molecule has 0 bridgehead atoms. The zero-order chi connectivity index (χ0) is 23.4. The lowest BCUT2D eigenvalue weighted by Gasteiger charge is -2.09. The van der Waals surface area contributed by atoms with Gasteiger partial charge in [-0.25, -0.2) is 0 Å². The largest absolute Gasteiger partial charge is 0.488 e. The molecule has 33 heavy (non-hydrogen) atoms. The summed E-state index contributed by atoms with van der Waals surface area (Å²) in [5.74, 6) is 0.900. The number of unbranched alkanes of at least 4 members (excludes halogenated alkanes) is 12. The third kappa shape index (κ3) is 13.1. The molecule has 1 heterocycles. The van der Waals surface area contributed by atoms with Gasteiger partial charge in [-0.2, -0.15) is 0 Å². The molecule has 184 valence electrons. The molecule has 0 radical (unpaired) electrons. The van der Waals surface area contributed by atoms with Gasteiger partial charge in [-0.3, -0.25) is 0 Å². The molecule has 0 aromatic heterocycles. The highest BCUT2D eigenvalue weighted by molar-refractivity contribution is 6.25. The molecule has 1 aromatic rings. The van der Waals surface area contributed by atoms with Crippen molar-refractivity contribution in [3.63, 3.8) is 0 Å². The summed E-state index contributed by atoms with van der Waals surface area (Å²) < 4.78 is 11.7. The molecule has 1 aliphatic heterocycles. The molecule has 1 aliphatic rings. The summed E-state index contributed by atoms with van der Waals surface area (Å²) in [6.07, 6.45) is 27.5. The minimum Gasteiger partial charge on any atom is -0.488 e. The van der Waals surface area contributed by atoms with Gasteiger partial charge in [0.25, 0.3) is 0 Å². The van der Waals surface area contributed by atoms with E-state index in [1.807, 2.05) is 12.1 Å². The van der Waals surface area contributed by atoms with Crippen molar-refractivity contribution < 1.29 is 9.47 Å². The maximum Gasteiger partial charge on any atom is 0.127 e. The summed E-state index contributed by atoms with van der Waals surface area (Å²) in [4.78, 5) is 0. The third-order valence-electron chi connectivity index (χ3n) is 6.15. The SMILES string of the molecule is CCCCCCCC/C=C\CCCCCCCCOCc1ccc2c(c1)C=C/C(=C/Cl)CO2. The minimum absolute atomic E-state index is 0.513. The summed E-state index contributed by atoms with van der Waals surface area (Å²) in [6, 6.07) is 6.26. The molecule has 2 nitrogen and oxygen atoms in total. The second-order valence-corrected chi connectivity index (χ2v) is 9.39. The average molecular weight is 473 g/mol. The first kappa shape index (κ1) is 27.7. The van der Waals surface area contributed by atoms with Crippen LogP contribution in [0.2, 0.25) is 0 Å². The van der Waals surface area contributed by atoms with Crippen LogP contribution in [0.4, 0.5) is 0 Å². The Morgan fingerprint density at radius 2 is 1.52 bits per heavy atom. The van der Waals surface area contributed by atoms with Crippen LogP contribution in [-0.4, -0.2) is 13.2 Å². The van der Waals surface area contributed by atoms with Crippen molar-refractivity contribution >= 4 is 17.7 Å². The average Bonchev–Trinajstić information content (AvgIpc) is 3.05. The number of hydrogen-bond acceptors (Lipinski definition) is 2. The topological polar surface area (TPSA) is 18.5 Å². The Balaban J connectivity index is 1.41. The van der Waals surface area contributed by atoms with Crippen molar-refractivity contribution in [3.05, 3.63) is 58.7 Å². The van der Waals surface area contributed by atoms with Crippen LogP contribution in [0.25, 0.3) is 6.08 Å². The van der Waals surface area contributed by atoms with E-state index in [4.69, 9.17) is 21.1 Å². The Kier molecular flexibility index (Phi) is 15.9. The van der Waals surface area contributed by atoms with Crippen LogP contribution in [0.3, 0.4) is 0 Å². The van der Waals surface area contributed by atoms with Crippen molar-refractivity contribution in [2.45, 2.75) is 103 Å². The van der Waals surface area contributed by atoms with Crippen LogP contribution >= 0.6 is 11.6 Å². The standard InChI is InChI=1S/C30H45ClO2/c1-2-3-4-5-6-7-8-9-10-11-12-13-14-15-16-17-22-32-25-27-19-21-30-29(23-27)20-18-28(24-31)26-33-30/h9-10,18-21,23-24H,2-8,11-17,22,25-26H2,1H3/b10-9-,28-24-. The molecule has 0 atom stereocenters. The highest BCUT2D eigenvalue weighted by atomic mass is 35.5. The fourth-order valence-corrected chi connectivity index (χ4v) is 4.20. The van der Waals surface area contributed by atoms with Gasteiger partial charge < -0.3 is 9.47 Å². The van der Waals surface area contributed by atoms with E-state index in [1.54, 1.807) is 5.54 Å². The molecule has 1 aromatic carbocycles. The number of hydrogen-bond donors (Lipinski definition) is 0. The van der Waals surface area contributed by atoms with Crippen molar-refractivity contribution in [2.24, 2.45) is 0 Å². The van der Waals surface area contributed by atoms with Crippen molar-refractivity contribution in [3.8, 4) is 5.75 Å². The van der Waals surface area contributed by atoms with E-state index in [1.165, 1.54) is 89.0 Å². The number of rotatable bonds is 18. The molecular formula is C30H45ClO2. The Bertz CT molecular complexity index is 720. The molecule has 0 N–H and O–H groups in total. The van der Waals surface area contributed by atoms with E-state index in [2.05, 4.69) is 37.3 Å². The molecule has 0 saturated carbocycles. The lowest BCUT2D eigenvalue weighted by molar-refractivity contribution is 0.116. The molecule has 0 amide bonds. The lowest BCUT2D eigenvalue weighted by Crippen LogP contribution is -1.99. The van der Waals surface area contributed by atoms with Gasteiger partial charge >= 0.3 is 0 Å². The van der Waals surface area contributed by atoms with E-state index >= 15 is 0 Å². The molecule has 2 rings (SSSR count). The lowest BCUT2D eigenvalue weighted by atomic mass is 10.1. The van der Waals surface area contributed by atoms with Gasteiger partial charge in [0.15, 0.2) is 0 Å². The summed E-state index contributed by atoms with van der Waals surface area (Å²) in [5, 5.41) is 0. The van der Waals surface area contributed by atoms with Crippen molar-refractivity contribution in [2.75, 3.05) is 13.2 Å². The maximum absolute atomic E-state index is 5.90. The van der Waals surface area contributed by atoms with E-state index in [9.17, 15) is 0 Å². The van der Waals surface area contributed by atoms with E-state index in [-0.39, 0.29) is 0 Å². The van der Waals surface area contributed by atoms with Gasteiger partial charge in [-0.05, 0) is 49.8 Å². The van der Waals surface area contributed by atoms with E-state index in [0.29, 0.717) is 13.2 Å². The Hall–Kier alpha value is -1.51. The number of halogens is 1. The van der Waals surface area contributed by atoms with Crippen molar-refractivity contribution in [1.82, 2.24) is 0 Å². The molecule has 3 heteroatoms. The third-order valence-corrected chi connectivity index (χ3v) is 6.44. The normalized spacial score (nSPS) is 14.5. The first-order valence-electron chi connectivity index (χ1n) is 13.3. The quantitative estimate of drug-likeness (QED) is 0.156. The van der Waals surface area contributed by atoms with Gasteiger partial charge in [0.2, 0.25) is 0 Å². The minimum atomic E-state index is 0.513. The molecular weight excluding hydrogens is 428 g/mol. The van der Waals surface area contributed by atoms with Crippen LogP contribution in [-0.2, 0) is 11.3 Å². The predicted octanol–water partition coefficient (Wildman–Crippen LogP) is 9.77. The van der Waals surface area contributed by atoms with Crippen LogP contribution < -0.4 is 4.74 Å². The second-order valence-electron chi connectivity index (χ2n) is 9.17. The summed E-state index contributed by atoms with van der Waals surface area (Å²) in [6.45, 7) is 4.29. The van der Waals surface area contributed by atoms with E-state index in [0.717, 1.165) is 29.9 Å². The number of allylic oxidation sites excluding steroid dienone is 2. The number of benzene rings is 1. The molecule has 0 fully saturated rings. The van der Waals surface area contributed by atoms with Crippen LogP contribution in [0.5, 0.6) is 5.75 Å². The fraction of sp³-hybridized carbons (Fsp3) is 0.600. The second kappa shape index (κ2) is 18.9. The monoisotopic (exact) mass is 472 g/mol. The van der Waals surface area contributed by atoms with Gasteiger partial charge in [0, 0.05) is 23.3 Å². The summed E-state index contributed by atoms with van der Waals surface area (Å²) >= 11 is 5.80. The highest BCUT2D eigenvalue weighted by Gasteiger charge is 2.08. The predicted molar refractivity (Wildman–Crippen MR) is 144 cm³/mol. The van der Waals surface area contributed by atoms with Crippen LogP contribution in [0.15, 0.2) is 47.5 Å². The zero-order valence-electron chi connectivity index (χ0n) is 20.8. The molecule has 0 unspecified atom stereocenters. The Morgan fingerprint density at radius 3 is 2.21 bits per heavy atom. The van der Waals surface area contributed by atoms with Crippen LogP contribution in [0, 0.1) is 0 Å². The summed E-state index contributed by atoms with van der Waals surface area (Å²) in [7, 11) is 0. The molecule has 0 spiro atoms. The molecule has 0 saturated heterocycles. The van der Waals surface area contributed by atoms with Gasteiger partial charge in [-0.15, -0.1) is 0 Å². The smallest absolute Gasteiger partial charge is 0.127 e. The van der Waals surface area contributed by atoms with Crippen molar-refractivity contribution in [1.29, 1.82) is 0 Å². The maximum atomic E-state index is 5.90. The Labute approximate surface area is 208 Å². The number of ether oxygens (including phenoxy) is 2. The van der Waals surface area contributed by atoms with Gasteiger partial charge in [0.1, 0.15) is 12.4 Å². The zero-order valence-corrected chi connectivity index (χ0v) is 21.6. The summed E-state index contributed by atoms with van der Waals surface area (Å²) in [5.41, 5.74) is 4.82. The van der Waals surface area contributed by atoms with Gasteiger partial charge in [-0.1, -0.05) is 107 Å². The fourth-order valence-electron chi connectivity index (χ4n) is 4.06. The van der Waals surface area contributed by atoms with E-state index < -0.39 is 0 Å². The first-order chi connectivity index (χ1) is 16.3. The Morgan fingerprint density at radius 1 is 0.848 bits per heavy atom. The number of fused-ring (bicyclic) bond motifs is 1. The highest BCUT2D eigenvalue weighted by Crippen LogP contribution is 2.26. The molecule has 0 aliphatic carbocycles. The van der Waals surface area contributed by atoms with Gasteiger partial charge in [0.05, 0.1) is 6.61 Å². The van der Waals surface area contributed by atoms with Crippen LogP contribution in [0.1, 0.15) is 108 Å². The first-order valence-corrected chi connectivity index (χ1v) is 13.7.